The average Bonchev–Trinajstić information content (AvgIpc) is 2.29. The molecule has 1 aromatic rings. The summed E-state index contributed by atoms with van der Waals surface area (Å²) in [7, 11) is 0. The predicted octanol–water partition coefficient (Wildman–Crippen LogP) is 4.75. The number of hydrogen-bond acceptors (Lipinski definition) is 1. The Kier molecular flexibility index (Phi) is 6.32. The van der Waals surface area contributed by atoms with Gasteiger partial charge < -0.3 is 4.90 Å². The van der Waals surface area contributed by atoms with Gasteiger partial charge >= 0.3 is 0 Å². The van der Waals surface area contributed by atoms with Crippen molar-refractivity contribution in [3.05, 3.63) is 29.3 Å². The Morgan fingerprint density at radius 1 is 1.06 bits per heavy atom. The highest BCUT2D eigenvalue weighted by molar-refractivity contribution is 6.30. The molecule has 0 unspecified atom stereocenters. The highest BCUT2D eigenvalue weighted by Gasteiger charge is 2.05. The zero-order valence-electron chi connectivity index (χ0n) is 10.4. The SMILES string of the molecule is CCCCN(CCCC)c1cccc(Cl)c1. The third kappa shape index (κ3) is 4.44. The summed E-state index contributed by atoms with van der Waals surface area (Å²) in [6, 6.07) is 8.18. The van der Waals surface area contributed by atoms with Gasteiger partial charge in [-0.15, -0.1) is 0 Å². The van der Waals surface area contributed by atoms with Gasteiger partial charge in [0.05, 0.1) is 0 Å². The van der Waals surface area contributed by atoms with Crippen molar-refractivity contribution in [2.75, 3.05) is 18.0 Å². The molecule has 0 saturated carbocycles. The minimum Gasteiger partial charge on any atom is -0.371 e. The van der Waals surface area contributed by atoms with E-state index in [2.05, 4.69) is 30.9 Å². The molecule has 0 aliphatic rings. The van der Waals surface area contributed by atoms with Crippen molar-refractivity contribution in [2.24, 2.45) is 0 Å². The van der Waals surface area contributed by atoms with E-state index in [1.807, 2.05) is 12.1 Å². The molecule has 90 valence electrons. The summed E-state index contributed by atoms with van der Waals surface area (Å²) >= 11 is 6.03. The van der Waals surface area contributed by atoms with E-state index in [1.54, 1.807) is 0 Å². The summed E-state index contributed by atoms with van der Waals surface area (Å²) in [4.78, 5) is 2.44. The topological polar surface area (TPSA) is 3.24 Å². The molecule has 1 rings (SSSR count). The highest BCUT2D eigenvalue weighted by Crippen LogP contribution is 2.20. The molecule has 0 aromatic heterocycles. The van der Waals surface area contributed by atoms with Crippen molar-refractivity contribution < 1.29 is 0 Å². The molecule has 0 aliphatic heterocycles. The second kappa shape index (κ2) is 7.56. The number of rotatable bonds is 7. The van der Waals surface area contributed by atoms with Gasteiger partial charge in [0.2, 0.25) is 0 Å². The summed E-state index contributed by atoms with van der Waals surface area (Å²) in [5, 5.41) is 0.829. The average molecular weight is 240 g/mol. The van der Waals surface area contributed by atoms with Gasteiger partial charge in [0.15, 0.2) is 0 Å². The van der Waals surface area contributed by atoms with Crippen LogP contribution in [0.3, 0.4) is 0 Å². The largest absolute Gasteiger partial charge is 0.371 e. The molecule has 0 aliphatic carbocycles. The van der Waals surface area contributed by atoms with E-state index < -0.39 is 0 Å². The van der Waals surface area contributed by atoms with Crippen LogP contribution in [0.5, 0.6) is 0 Å². The number of anilines is 1. The van der Waals surface area contributed by atoms with Crippen molar-refractivity contribution in [2.45, 2.75) is 39.5 Å². The van der Waals surface area contributed by atoms with Gasteiger partial charge in [0.25, 0.3) is 0 Å². The van der Waals surface area contributed by atoms with Crippen molar-refractivity contribution in [1.82, 2.24) is 0 Å². The molecule has 1 aromatic carbocycles. The molecular weight excluding hydrogens is 218 g/mol. The normalized spacial score (nSPS) is 10.4. The van der Waals surface area contributed by atoms with Crippen LogP contribution in [0.1, 0.15) is 39.5 Å². The van der Waals surface area contributed by atoms with Gasteiger partial charge in [-0.1, -0.05) is 44.4 Å². The molecule has 2 heteroatoms. The molecule has 0 spiro atoms. The van der Waals surface area contributed by atoms with Gasteiger partial charge in [-0.25, -0.2) is 0 Å². The van der Waals surface area contributed by atoms with Gasteiger partial charge in [-0.3, -0.25) is 0 Å². The van der Waals surface area contributed by atoms with Crippen molar-refractivity contribution in [1.29, 1.82) is 0 Å². The minimum absolute atomic E-state index is 0.829. The van der Waals surface area contributed by atoms with Crippen LogP contribution in [0.2, 0.25) is 5.02 Å². The van der Waals surface area contributed by atoms with E-state index in [1.165, 1.54) is 31.4 Å². The first kappa shape index (κ1) is 13.4. The zero-order chi connectivity index (χ0) is 11.8. The van der Waals surface area contributed by atoms with Crippen molar-refractivity contribution >= 4 is 17.3 Å². The van der Waals surface area contributed by atoms with E-state index in [0.29, 0.717) is 0 Å². The number of unbranched alkanes of at least 4 members (excludes halogenated alkanes) is 2. The second-order valence-electron chi connectivity index (χ2n) is 4.17. The Morgan fingerprint density at radius 2 is 1.69 bits per heavy atom. The molecule has 0 radical (unpaired) electrons. The number of halogens is 1. The van der Waals surface area contributed by atoms with Crippen molar-refractivity contribution in [3.63, 3.8) is 0 Å². The Morgan fingerprint density at radius 3 is 2.19 bits per heavy atom. The summed E-state index contributed by atoms with van der Waals surface area (Å²) < 4.78 is 0. The van der Waals surface area contributed by atoms with Crippen LogP contribution in [-0.2, 0) is 0 Å². The molecule has 0 bridgehead atoms. The smallest absolute Gasteiger partial charge is 0.0426 e. The van der Waals surface area contributed by atoms with Gasteiger partial charge in [-0.2, -0.15) is 0 Å². The maximum Gasteiger partial charge on any atom is 0.0426 e. The Labute approximate surface area is 104 Å². The Balaban J connectivity index is 2.66. The second-order valence-corrected chi connectivity index (χ2v) is 4.61. The predicted molar refractivity (Wildman–Crippen MR) is 73.5 cm³/mol. The number of hydrogen-bond donors (Lipinski definition) is 0. The lowest BCUT2D eigenvalue weighted by Crippen LogP contribution is -2.25. The number of benzene rings is 1. The highest BCUT2D eigenvalue weighted by atomic mass is 35.5. The van der Waals surface area contributed by atoms with Gasteiger partial charge in [0, 0.05) is 23.8 Å². The summed E-state index contributed by atoms with van der Waals surface area (Å²) in [6.45, 7) is 6.74. The lowest BCUT2D eigenvalue weighted by molar-refractivity contribution is 0.678. The van der Waals surface area contributed by atoms with Gasteiger partial charge in [0.1, 0.15) is 0 Å². The first-order valence-electron chi connectivity index (χ1n) is 6.28. The number of nitrogens with zero attached hydrogens (tertiary/aromatic N) is 1. The van der Waals surface area contributed by atoms with E-state index in [0.717, 1.165) is 18.1 Å². The molecule has 1 nitrogen and oxygen atoms in total. The zero-order valence-corrected chi connectivity index (χ0v) is 11.1. The van der Waals surface area contributed by atoms with E-state index in [4.69, 9.17) is 11.6 Å². The summed E-state index contributed by atoms with van der Waals surface area (Å²) in [5.41, 5.74) is 1.26. The van der Waals surface area contributed by atoms with Crippen LogP contribution in [-0.4, -0.2) is 13.1 Å². The molecule has 0 atom stereocenters. The maximum atomic E-state index is 6.03. The standard InChI is InChI=1S/C14H22ClN/c1-3-5-10-16(11-6-4-2)14-9-7-8-13(15)12-14/h7-9,12H,3-6,10-11H2,1-2H3. The van der Waals surface area contributed by atoms with Gasteiger partial charge in [-0.05, 0) is 31.0 Å². The van der Waals surface area contributed by atoms with E-state index in [-0.39, 0.29) is 0 Å². The molecule has 0 saturated heterocycles. The molecule has 0 N–H and O–H groups in total. The third-order valence-electron chi connectivity index (χ3n) is 2.74. The third-order valence-corrected chi connectivity index (χ3v) is 2.97. The molecule has 0 amide bonds. The summed E-state index contributed by atoms with van der Waals surface area (Å²) in [5.74, 6) is 0. The fourth-order valence-corrected chi connectivity index (χ4v) is 1.93. The van der Waals surface area contributed by atoms with Crippen molar-refractivity contribution in [3.8, 4) is 0 Å². The summed E-state index contributed by atoms with van der Waals surface area (Å²) in [6.07, 6.45) is 4.97. The quantitative estimate of drug-likeness (QED) is 0.664. The Hall–Kier alpha value is -0.690. The maximum absolute atomic E-state index is 6.03. The fraction of sp³-hybridized carbons (Fsp3) is 0.571. The lowest BCUT2D eigenvalue weighted by atomic mass is 10.2. The van der Waals surface area contributed by atoms with Crippen LogP contribution in [0.15, 0.2) is 24.3 Å². The molecule has 0 fully saturated rings. The molecule has 0 heterocycles. The lowest BCUT2D eigenvalue weighted by Gasteiger charge is -2.24. The van der Waals surface area contributed by atoms with Crippen LogP contribution in [0.25, 0.3) is 0 Å². The van der Waals surface area contributed by atoms with Crippen LogP contribution in [0.4, 0.5) is 5.69 Å². The van der Waals surface area contributed by atoms with Crippen LogP contribution in [0, 0.1) is 0 Å². The molecule has 16 heavy (non-hydrogen) atoms. The fourth-order valence-electron chi connectivity index (χ4n) is 1.74. The molecular formula is C14H22ClN. The minimum atomic E-state index is 0.829. The Bertz CT molecular complexity index is 291. The van der Waals surface area contributed by atoms with E-state index >= 15 is 0 Å². The van der Waals surface area contributed by atoms with E-state index in [9.17, 15) is 0 Å². The van der Waals surface area contributed by atoms with Crippen LogP contribution < -0.4 is 4.90 Å². The van der Waals surface area contributed by atoms with Crippen LogP contribution >= 0.6 is 11.6 Å². The first-order valence-corrected chi connectivity index (χ1v) is 6.66. The monoisotopic (exact) mass is 239 g/mol. The first-order chi connectivity index (χ1) is 7.77.